The van der Waals surface area contributed by atoms with E-state index in [-0.39, 0.29) is 4.90 Å². The number of nitrogens with zero attached hydrogens (tertiary/aromatic N) is 1. The number of rotatable bonds is 3. The molecule has 7 heteroatoms. The molecular weight excluding hydrogens is 308 g/mol. The molecule has 1 aromatic carbocycles. The van der Waals surface area contributed by atoms with Gasteiger partial charge in [-0.05, 0) is 45.4 Å². The van der Waals surface area contributed by atoms with Gasteiger partial charge in [-0.25, -0.2) is 17.8 Å². The van der Waals surface area contributed by atoms with Crippen LogP contribution in [0.5, 0.6) is 0 Å². The van der Waals surface area contributed by atoms with Gasteiger partial charge in [0.25, 0.3) is 0 Å². The molecular formula is C14H24N2O3S2. The van der Waals surface area contributed by atoms with E-state index in [4.69, 9.17) is 5.14 Å². The average Bonchev–Trinajstić information content (AvgIpc) is 2.39. The first kappa shape index (κ1) is 19.9. The van der Waals surface area contributed by atoms with Crippen LogP contribution in [-0.2, 0) is 21.0 Å². The molecule has 0 heterocycles. The fourth-order valence-corrected chi connectivity index (χ4v) is 2.34. The molecule has 0 spiro atoms. The second kappa shape index (κ2) is 7.82. The SMILES string of the molecule is C/C(=N\[S@](=O)C(C)(C)C)c1ccc(S(N)(=O)=O)cc1.CC. The summed E-state index contributed by atoms with van der Waals surface area (Å²) in [5, 5.41) is 5.01. The van der Waals surface area contributed by atoms with E-state index in [9.17, 15) is 12.6 Å². The normalized spacial score (nSPS) is 14.1. The lowest BCUT2D eigenvalue weighted by molar-refractivity contribution is 0.598. The number of hydrogen-bond donors (Lipinski definition) is 1. The van der Waals surface area contributed by atoms with E-state index in [0.717, 1.165) is 0 Å². The Balaban J connectivity index is 0.00000191. The number of primary sulfonamides is 1. The predicted molar refractivity (Wildman–Crippen MR) is 89.3 cm³/mol. The van der Waals surface area contributed by atoms with Crippen molar-refractivity contribution in [2.24, 2.45) is 9.54 Å². The highest BCUT2D eigenvalue weighted by Crippen LogP contribution is 2.15. The first-order valence-corrected chi connectivity index (χ1v) is 9.27. The van der Waals surface area contributed by atoms with E-state index in [1.54, 1.807) is 19.1 Å². The Morgan fingerprint density at radius 2 is 1.57 bits per heavy atom. The fraction of sp³-hybridized carbons (Fsp3) is 0.500. The van der Waals surface area contributed by atoms with E-state index >= 15 is 0 Å². The molecule has 1 aromatic rings. The smallest absolute Gasteiger partial charge is 0.234 e. The van der Waals surface area contributed by atoms with Crippen LogP contribution < -0.4 is 5.14 Å². The van der Waals surface area contributed by atoms with Crippen molar-refractivity contribution in [3.8, 4) is 0 Å². The summed E-state index contributed by atoms with van der Waals surface area (Å²) in [5.74, 6) is 0. The van der Waals surface area contributed by atoms with Crippen LogP contribution >= 0.6 is 0 Å². The number of benzene rings is 1. The monoisotopic (exact) mass is 332 g/mol. The summed E-state index contributed by atoms with van der Waals surface area (Å²) in [7, 11) is -5.04. The Kier molecular flexibility index (Phi) is 7.43. The van der Waals surface area contributed by atoms with Crippen LogP contribution in [0.15, 0.2) is 33.6 Å². The van der Waals surface area contributed by atoms with Gasteiger partial charge in [-0.3, -0.25) is 0 Å². The third-order valence-corrected chi connectivity index (χ3v) is 4.76. The molecule has 0 aliphatic rings. The molecule has 0 saturated carbocycles. The zero-order valence-corrected chi connectivity index (χ0v) is 15.0. The van der Waals surface area contributed by atoms with Crippen molar-refractivity contribution in [2.75, 3.05) is 0 Å². The average molecular weight is 332 g/mol. The van der Waals surface area contributed by atoms with Crippen molar-refractivity contribution < 1.29 is 12.6 Å². The van der Waals surface area contributed by atoms with Gasteiger partial charge in [-0.1, -0.05) is 26.0 Å². The van der Waals surface area contributed by atoms with Crippen LogP contribution in [0.1, 0.15) is 47.1 Å². The van der Waals surface area contributed by atoms with Crippen molar-refractivity contribution in [1.82, 2.24) is 0 Å². The lowest BCUT2D eigenvalue weighted by Crippen LogP contribution is -2.20. The van der Waals surface area contributed by atoms with E-state index in [1.165, 1.54) is 12.1 Å². The van der Waals surface area contributed by atoms with E-state index in [0.29, 0.717) is 11.3 Å². The molecule has 0 amide bonds. The minimum absolute atomic E-state index is 0.0426. The number of hydrogen-bond acceptors (Lipinski definition) is 3. The summed E-state index contributed by atoms with van der Waals surface area (Å²) >= 11 is 0. The van der Waals surface area contributed by atoms with Gasteiger partial charge in [0.15, 0.2) is 0 Å². The van der Waals surface area contributed by atoms with Gasteiger partial charge in [0.2, 0.25) is 10.0 Å². The molecule has 0 aromatic heterocycles. The van der Waals surface area contributed by atoms with Crippen molar-refractivity contribution in [3.05, 3.63) is 29.8 Å². The molecule has 0 unspecified atom stereocenters. The van der Waals surface area contributed by atoms with Gasteiger partial charge >= 0.3 is 0 Å². The van der Waals surface area contributed by atoms with Crippen LogP contribution in [-0.4, -0.2) is 23.1 Å². The van der Waals surface area contributed by atoms with Gasteiger partial charge in [0.05, 0.1) is 15.4 Å². The summed E-state index contributed by atoms with van der Waals surface area (Å²) in [5.41, 5.74) is 1.30. The van der Waals surface area contributed by atoms with Crippen LogP contribution in [0.4, 0.5) is 0 Å². The molecule has 21 heavy (non-hydrogen) atoms. The number of nitrogens with two attached hydrogens (primary N) is 1. The maximum atomic E-state index is 11.9. The summed E-state index contributed by atoms with van der Waals surface area (Å²) in [6, 6.07) is 6.00. The van der Waals surface area contributed by atoms with E-state index in [2.05, 4.69) is 4.40 Å². The van der Waals surface area contributed by atoms with E-state index < -0.39 is 25.8 Å². The zero-order valence-electron chi connectivity index (χ0n) is 13.4. The molecule has 0 aliphatic heterocycles. The molecule has 2 N–H and O–H groups in total. The highest BCUT2D eigenvalue weighted by atomic mass is 32.2. The topological polar surface area (TPSA) is 89.6 Å². The van der Waals surface area contributed by atoms with Gasteiger partial charge in [0, 0.05) is 0 Å². The molecule has 120 valence electrons. The predicted octanol–water partition coefficient (Wildman–Crippen LogP) is 2.63. The highest BCUT2D eigenvalue weighted by molar-refractivity contribution is 7.89. The number of sulfonamides is 1. The maximum absolute atomic E-state index is 11.9. The Morgan fingerprint density at radius 3 is 1.90 bits per heavy atom. The van der Waals surface area contributed by atoms with Crippen molar-refractivity contribution >= 4 is 26.7 Å². The second-order valence-corrected chi connectivity index (χ2v) is 8.57. The Bertz CT molecular complexity index is 613. The van der Waals surface area contributed by atoms with E-state index in [1.807, 2.05) is 34.6 Å². The second-order valence-electron chi connectivity index (χ2n) is 5.11. The summed E-state index contributed by atoms with van der Waals surface area (Å²) in [6.45, 7) is 11.2. The largest absolute Gasteiger partial charge is 0.238 e. The molecule has 1 atom stereocenters. The van der Waals surface area contributed by atoms with Crippen molar-refractivity contribution in [3.63, 3.8) is 0 Å². The Morgan fingerprint density at radius 1 is 1.14 bits per heavy atom. The zero-order chi connectivity index (χ0) is 16.8. The summed E-state index contributed by atoms with van der Waals surface area (Å²) in [4.78, 5) is 0.0426. The fourth-order valence-electron chi connectivity index (χ4n) is 1.20. The lowest BCUT2D eigenvalue weighted by atomic mass is 10.1. The third-order valence-electron chi connectivity index (χ3n) is 2.34. The minimum Gasteiger partial charge on any atom is -0.234 e. The Labute approximate surface area is 130 Å². The first-order chi connectivity index (χ1) is 9.51. The molecule has 0 fully saturated rings. The standard InChI is InChI=1S/C12H18N2O3S2.C2H6/c1-9(14-18(15)12(2,3)4)10-5-7-11(8-6-10)19(13,16)17;1-2/h5-8H,1-4H3,(H2,13,16,17);1-2H3/b14-9+;/t18-;/m1./s1. The quantitative estimate of drug-likeness (QED) is 0.863. The van der Waals surface area contributed by atoms with Gasteiger partial charge in [-0.15, -0.1) is 0 Å². The van der Waals surface area contributed by atoms with Crippen LogP contribution in [0.3, 0.4) is 0 Å². The Hall–Kier alpha value is -1.05. The van der Waals surface area contributed by atoms with Gasteiger partial charge in [-0.2, -0.15) is 4.40 Å². The van der Waals surface area contributed by atoms with Crippen molar-refractivity contribution in [2.45, 2.75) is 51.2 Å². The molecule has 0 aliphatic carbocycles. The summed E-state index contributed by atoms with van der Waals surface area (Å²) in [6.07, 6.45) is 0. The molecule has 0 radical (unpaired) electrons. The summed E-state index contributed by atoms with van der Waals surface area (Å²) < 4.78 is 37.8. The molecule has 5 nitrogen and oxygen atoms in total. The third kappa shape index (κ3) is 6.50. The van der Waals surface area contributed by atoms with Crippen LogP contribution in [0, 0.1) is 0 Å². The van der Waals surface area contributed by atoms with Gasteiger partial charge < -0.3 is 0 Å². The maximum Gasteiger partial charge on any atom is 0.238 e. The molecule has 0 saturated heterocycles. The minimum atomic E-state index is -3.69. The van der Waals surface area contributed by atoms with Crippen molar-refractivity contribution in [1.29, 1.82) is 0 Å². The van der Waals surface area contributed by atoms with Gasteiger partial charge in [0.1, 0.15) is 11.0 Å². The lowest BCUT2D eigenvalue weighted by Gasteiger charge is -2.14. The first-order valence-electron chi connectivity index (χ1n) is 6.62. The van der Waals surface area contributed by atoms with Crippen LogP contribution in [0.2, 0.25) is 0 Å². The highest BCUT2D eigenvalue weighted by Gasteiger charge is 2.19. The molecule has 0 bridgehead atoms. The molecule has 1 rings (SSSR count). The van der Waals surface area contributed by atoms with Crippen LogP contribution in [0.25, 0.3) is 0 Å².